The Bertz CT molecular complexity index is 605. The summed E-state index contributed by atoms with van der Waals surface area (Å²) in [6.07, 6.45) is 1.69. The van der Waals surface area contributed by atoms with Gasteiger partial charge in [-0.1, -0.05) is 32.0 Å². The van der Waals surface area contributed by atoms with Gasteiger partial charge in [-0.15, -0.1) is 0 Å². The summed E-state index contributed by atoms with van der Waals surface area (Å²) < 4.78 is 5.12. The van der Waals surface area contributed by atoms with Crippen molar-refractivity contribution in [2.24, 2.45) is 5.92 Å². The lowest BCUT2D eigenvalue weighted by atomic mass is 10.1. The minimum absolute atomic E-state index is 0.0411. The molecule has 4 heteroatoms. The van der Waals surface area contributed by atoms with Gasteiger partial charge in [0.1, 0.15) is 0 Å². The summed E-state index contributed by atoms with van der Waals surface area (Å²) in [6.45, 7) is 6.08. The van der Waals surface area contributed by atoms with Crippen molar-refractivity contribution in [1.82, 2.24) is 9.88 Å². The molecular formula is C17H22N2O2. The van der Waals surface area contributed by atoms with Crippen molar-refractivity contribution >= 4 is 16.8 Å². The van der Waals surface area contributed by atoms with E-state index in [4.69, 9.17) is 4.74 Å². The molecule has 0 N–H and O–H groups in total. The fourth-order valence-electron chi connectivity index (χ4n) is 2.37. The van der Waals surface area contributed by atoms with Crippen LogP contribution in [-0.2, 0) is 4.74 Å². The lowest BCUT2D eigenvalue weighted by Gasteiger charge is -2.24. The number of carbonyl (C=O) groups excluding carboxylic acids is 1. The van der Waals surface area contributed by atoms with Crippen molar-refractivity contribution in [2.75, 3.05) is 26.8 Å². The smallest absolute Gasteiger partial charge is 0.254 e. The first kappa shape index (κ1) is 15.4. The fraction of sp³-hybridized carbons (Fsp3) is 0.412. The van der Waals surface area contributed by atoms with Crippen LogP contribution >= 0.6 is 0 Å². The summed E-state index contributed by atoms with van der Waals surface area (Å²) in [5.41, 5.74) is 1.55. The summed E-state index contributed by atoms with van der Waals surface area (Å²) in [7, 11) is 1.65. The Morgan fingerprint density at radius 1 is 1.29 bits per heavy atom. The molecule has 0 saturated carbocycles. The lowest BCUT2D eigenvalue weighted by molar-refractivity contribution is 0.0674. The minimum Gasteiger partial charge on any atom is -0.383 e. The normalized spacial score (nSPS) is 11.0. The van der Waals surface area contributed by atoms with Crippen LogP contribution in [0.15, 0.2) is 36.5 Å². The number of nitrogens with zero attached hydrogens (tertiary/aromatic N) is 2. The highest BCUT2D eigenvalue weighted by atomic mass is 16.5. The number of amides is 1. The van der Waals surface area contributed by atoms with Crippen LogP contribution in [-0.4, -0.2) is 42.6 Å². The average molecular weight is 286 g/mol. The molecule has 112 valence electrons. The molecule has 0 radical (unpaired) electrons. The van der Waals surface area contributed by atoms with E-state index in [0.29, 0.717) is 24.6 Å². The number of carbonyl (C=O) groups is 1. The highest BCUT2D eigenvalue weighted by molar-refractivity contribution is 6.05. The number of benzene rings is 1. The van der Waals surface area contributed by atoms with Gasteiger partial charge in [0.2, 0.25) is 0 Å². The minimum atomic E-state index is 0.0411. The van der Waals surface area contributed by atoms with Gasteiger partial charge in [0.25, 0.3) is 5.91 Å². The van der Waals surface area contributed by atoms with Gasteiger partial charge in [-0.3, -0.25) is 9.78 Å². The van der Waals surface area contributed by atoms with E-state index in [1.807, 2.05) is 29.2 Å². The van der Waals surface area contributed by atoms with Gasteiger partial charge in [-0.25, -0.2) is 0 Å². The van der Waals surface area contributed by atoms with Crippen LogP contribution in [0.5, 0.6) is 0 Å². The van der Waals surface area contributed by atoms with Crippen LogP contribution in [0, 0.1) is 5.92 Å². The second-order valence-electron chi connectivity index (χ2n) is 5.51. The Balaban J connectivity index is 2.33. The average Bonchev–Trinajstić information content (AvgIpc) is 2.50. The molecule has 0 bridgehead atoms. The second kappa shape index (κ2) is 7.18. The summed E-state index contributed by atoms with van der Waals surface area (Å²) >= 11 is 0. The highest BCUT2D eigenvalue weighted by Gasteiger charge is 2.18. The number of pyridine rings is 1. The number of ether oxygens (including phenoxy) is 1. The number of hydrogen-bond acceptors (Lipinski definition) is 3. The van der Waals surface area contributed by atoms with E-state index in [0.717, 1.165) is 17.4 Å². The predicted octanol–water partition coefficient (Wildman–Crippen LogP) is 2.98. The Morgan fingerprint density at radius 2 is 2.05 bits per heavy atom. The quantitative estimate of drug-likeness (QED) is 0.820. The van der Waals surface area contributed by atoms with Crippen molar-refractivity contribution in [3.8, 4) is 0 Å². The van der Waals surface area contributed by atoms with Crippen LogP contribution in [0.4, 0.5) is 0 Å². The molecule has 1 amide bonds. The molecular weight excluding hydrogens is 264 g/mol. The van der Waals surface area contributed by atoms with E-state index >= 15 is 0 Å². The van der Waals surface area contributed by atoms with Gasteiger partial charge in [0, 0.05) is 31.8 Å². The Kier molecular flexibility index (Phi) is 5.28. The summed E-state index contributed by atoms with van der Waals surface area (Å²) in [4.78, 5) is 19.0. The van der Waals surface area contributed by atoms with Crippen LogP contribution in [0.1, 0.15) is 24.2 Å². The van der Waals surface area contributed by atoms with Crippen molar-refractivity contribution in [3.05, 3.63) is 42.1 Å². The maximum absolute atomic E-state index is 12.8. The fourth-order valence-corrected chi connectivity index (χ4v) is 2.37. The van der Waals surface area contributed by atoms with E-state index in [-0.39, 0.29) is 5.91 Å². The zero-order valence-corrected chi connectivity index (χ0v) is 12.9. The van der Waals surface area contributed by atoms with E-state index < -0.39 is 0 Å². The molecule has 0 spiro atoms. The third-order valence-corrected chi connectivity index (χ3v) is 3.32. The molecule has 0 aliphatic rings. The van der Waals surface area contributed by atoms with Crippen molar-refractivity contribution in [2.45, 2.75) is 13.8 Å². The molecule has 0 aliphatic heterocycles. The standard InChI is InChI=1S/C17H22N2O2/c1-13(2)12-19(10-11-21-3)17(20)15-8-9-18-16-7-5-4-6-14(15)16/h4-9,13H,10-12H2,1-3H3. The monoisotopic (exact) mass is 286 g/mol. The van der Waals surface area contributed by atoms with Gasteiger partial charge in [0.05, 0.1) is 17.7 Å². The van der Waals surface area contributed by atoms with Gasteiger partial charge in [-0.05, 0) is 18.1 Å². The first-order chi connectivity index (χ1) is 10.1. The first-order valence-electron chi connectivity index (χ1n) is 7.25. The van der Waals surface area contributed by atoms with Crippen LogP contribution in [0.2, 0.25) is 0 Å². The zero-order chi connectivity index (χ0) is 15.2. The molecule has 0 saturated heterocycles. The Morgan fingerprint density at radius 3 is 2.76 bits per heavy atom. The Hall–Kier alpha value is -1.94. The number of aromatic nitrogens is 1. The van der Waals surface area contributed by atoms with Gasteiger partial charge < -0.3 is 9.64 Å². The summed E-state index contributed by atoms with van der Waals surface area (Å²) in [5.74, 6) is 0.457. The van der Waals surface area contributed by atoms with Crippen molar-refractivity contribution in [1.29, 1.82) is 0 Å². The zero-order valence-electron chi connectivity index (χ0n) is 12.9. The summed E-state index contributed by atoms with van der Waals surface area (Å²) in [6, 6.07) is 9.53. The van der Waals surface area contributed by atoms with Gasteiger partial charge >= 0.3 is 0 Å². The third-order valence-electron chi connectivity index (χ3n) is 3.32. The van der Waals surface area contributed by atoms with Gasteiger partial charge in [-0.2, -0.15) is 0 Å². The second-order valence-corrected chi connectivity index (χ2v) is 5.51. The van der Waals surface area contributed by atoms with E-state index in [1.165, 1.54) is 0 Å². The maximum Gasteiger partial charge on any atom is 0.254 e. The van der Waals surface area contributed by atoms with Crippen LogP contribution in [0.25, 0.3) is 10.9 Å². The third kappa shape index (κ3) is 3.79. The molecule has 1 heterocycles. The number of rotatable bonds is 6. The molecule has 0 atom stereocenters. The number of fused-ring (bicyclic) bond motifs is 1. The van der Waals surface area contributed by atoms with Gasteiger partial charge in [0.15, 0.2) is 0 Å². The lowest BCUT2D eigenvalue weighted by Crippen LogP contribution is -2.36. The van der Waals surface area contributed by atoms with E-state index in [2.05, 4.69) is 18.8 Å². The topological polar surface area (TPSA) is 42.4 Å². The molecule has 0 unspecified atom stereocenters. The Labute approximate surface area is 125 Å². The predicted molar refractivity (Wildman–Crippen MR) is 84.4 cm³/mol. The number of hydrogen-bond donors (Lipinski definition) is 0. The SMILES string of the molecule is COCCN(CC(C)C)C(=O)c1ccnc2ccccc12. The molecule has 2 aromatic rings. The van der Waals surface area contributed by atoms with E-state index in [9.17, 15) is 4.79 Å². The molecule has 0 fully saturated rings. The highest BCUT2D eigenvalue weighted by Crippen LogP contribution is 2.18. The maximum atomic E-state index is 12.8. The van der Waals surface area contributed by atoms with Crippen LogP contribution in [0.3, 0.4) is 0 Å². The molecule has 1 aromatic carbocycles. The summed E-state index contributed by atoms with van der Waals surface area (Å²) in [5, 5.41) is 0.899. The van der Waals surface area contributed by atoms with Crippen molar-refractivity contribution < 1.29 is 9.53 Å². The number of para-hydroxylation sites is 1. The molecule has 2 rings (SSSR count). The molecule has 1 aromatic heterocycles. The van der Waals surface area contributed by atoms with E-state index in [1.54, 1.807) is 19.4 Å². The number of methoxy groups -OCH3 is 1. The van der Waals surface area contributed by atoms with Crippen molar-refractivity contribution in [3.63, 3.8) is 0 Å². The molecule has 4 nitrogen and oxygen atoms in total. The molecule has 21 heavy (non-hydrogen) atoms. The first-order valence-corrected chi connectivity index (χ1v) is 7.25. The largest absolute Gasteiger partial charge is 0.383 e. The van der Waals surface area contributed by atoms with Crippen LogP contribution < -0.4 is 0 Å². The molecule has 0 aliphatic carbocycles.